The SMILES string of the molecule is COc1cc(OC)nc(N2C(=O)N(c3ccc(-c4ccccc4)cc3N3C(=O)N(c4nc(OC)cc(OC)n4)C4(CCN(Cc5ncccc5C)CC4)C3=O)C(=O)C23CCN(Cc2ncccc2C)CC3)n1. The van der Waals surface area contributed by atoms with Crippen molar-refractivity contribution in [2.24, 2.45) is 0 Å². The van der Waals surface area contributed by atoms with E-state index in [9.17, 15) is 0 Å². The van der Waals surface area contributed by atoms with Gasteiger partial charge in [-0.2, -0.15) is 19.9 Å². The minimum atomic E-state index is -1.53. The van der Waals surface area contributed by atoms with E-state index in [1.165, 1.54) is 50.4 Å². The molecule has 0 N–H and O–H groups in total. The molecule has 4 saturated heterocycles. The van der Waals surface area contributed by atoms with Crippen molar-refractivity contribution in [1.82, 2.24) is 39.7 Å². The summed E-state index contributed by atoms with van der Waals surface area (Å²) in [7, 11) is 5.73. The maximum absolute atomic E-state index is 15.9. The summed E-state index contributed by atoms with van der Waals surface area (Å²) in [4.78, 5) is 99.8. The number of methoxy groups -OCH3 is 4. The lowest BCUT2D eigenvalue weighted by atomic mass is 9.85. The fourth-order valence-corrected chi connectivity index (χ4v) is 10.3. The van der Waals surface area contributed by atoms with Gasteiger partial charge < -0.3 is 18.9 Å². The highest BCUT2D eigenvalue weighted by atomic mass is 16.5. The van der Waals surface area contributed by atoms with Crippen molar-refractivity contribution in [2.75, 3.05) is 74.2 Å². The molecule has 0 unspecified atom stereocenters. The topological polar surface area (TPSA) is 202 Å². The fraction of sp³-hybridized carbons (Fsp3) is 0.346. The average Bonchev–Trinajstić information content (AvgIpc) is 3.75. The molecule has 72 heavy (non-hydrogen) atoms. The van der Waals surface area contributed by atoms with Crippen LogP contribution in [0.2, 0.25) is 0 Å². The molecule has 0 radical (unpaired) electrons. The normalized spacial score (nSPS) is 17.9. The average molecular weight is 975 g/mol. The third kappa shape index (κ3) is 8.24. The summed E-state index contributed by atoms with van der Waals surface area (Å²) in [6.45, 7) is 6.69. The van der Waals surface area contributed by atoms with Gasteiger partial charge in [0.15, 0.2) is 0 Å². The van der Waals surface area contributed by atoms with Crippen LogP contribution in [0.15, 0.2) is 97.3 Å². The Labute approximate surface area is 416 Å². The molecule has 2 aromatic carbocycles. The molecular weight excluding hydrogens is 921 g/mol. The zero-order chi connectivity index (χ0) is 50.3. The van der Waals surface area contributed by atoms with Crippen LogP contribution in [0.3, 0.4) is 0 Å². The molecule has 2 spiro atoms. The minimum absolute atomic E-state index is 0.000494. The van der Waals surface area contributed by atoms with Gasteiger partial charge in [-0.15, -0.1) is 0 Å². The van der Waals surface area contributed by atoms with E-state index in [-0.39, 0.29) is 72.5 Å². The van der Waals surface area contributed by atoms with Gasteiger partial charge in [-0.05, 0) is 86.1 Å². The molecule has 4 fully saturated rings. The highest BCUT2D eigenvalue weighted by molar-refractivity contribution is 6.35. The minimum Gasteiger partial charge on any atom is -0.481 e. The van der Waals surface area contributed by atoms with Crippen molar-refractivity contribution in [3.8, 4) is 34.6 Å². The predicted octanol–water partition coefficient (Wildman–Crippen LogP) is 6.39. The largest absolute Gasteiger partial charge is 0.481 e. The van der Waals surface area contributed by atoms with E-state index in [0.29, 0.717) is 44.8 Å². The molecular formula is C52H54N12O8. The van der Waals surface area contributed by atoms with E-state index in [1.54, 1.807) is 30.6 Å². The van der Waals surface area contributed by atoms with Crippen LogP contribution < -0.4 is 38.5 Å². The van der Waals surface area contributed by atoms with E-state index in [4.69, 9.17) is 18.9 Å². The maximum Gasteiger partial charge on any atom is 0.339 e. The number of benzene rings is 2. The molecule has 10 rings (SSSR count). The number of likely N-dealkylation sites (tertiary alicyclic amines) is 2. The summed E-state index contributed by atoms with van der Waals surface area (Å²) >= 11 is 0. The van der Waals surface area contributed by atoms with Gasteiger partial charge >= 0.3 is 12.1 Å². The van der Waals surface area contributed by atoms with Crippen LogP contribution in [-0.2, 0) is 22.7 Å². The van der Waals surface area contributed by atoms with Gasteiger partial charge in [-0.1, -0.05) is 48.5 Å². The van der Waals surface area contributed by atoms with Crippen LogP contribution in [-0.4, -0.2) is 129 Å². The number of imide groups is 2. The Morgan fingerprint density at radius 3 is 1.31 bits per heavy atom. The van der Waals surface area contributed by atoms with E-state index >= 15 is 19.2 Å². The number of pyridine rings is 2. The van der Waals surface area contributed by atoms with Crippen LogP contribution in [0.4, 0.5) is 32.9 Å². The number of aryl methyl sites for hydroxylation is 2. The van der Waals surface area contributed by atoms with Crippen molar-refractivity contribution in [2.45, 2.75) is 63.7 Å². The lowest BCUT2D eigenvalue weighted by molar-refractivity contribution is -0.124. The first-order valence-corrected chi connectivity index (χ1v) is 23.7. The maximum atomic E-state index is 15.9. The van der Waals surface area contributed by atoms with Gasteiger partial charge in [0.05, 0.1) is 63.3 Å². The number of carbonyl (C=O) groups is 4. The number of piperidine rings is 2. The monoisotopic (exact) mass is 974 g/mol. The molecule has 0 saturated carbocycles. The molecule has 6 amide bonds. The number of urea groups is 2. The van der Waals surface area contributed by atoms with E-state index < -0.39 is 35.0 Å². The zero-order valence-electron chi connectivity index (χ0n) is 40.9. The van der Waals surface area contributed by atoms with Crippen LogP contribution in [0.5, 0.6) is 23.5 Å². The second-order valence-corrected chi connectivity index (χ2v) is 18.2. The molecule has 4 aliphatic heterocycles. The third-order valence-corrected chi connectivity index (χ3v) is 14.3. The number of hydrogen-bond acceptors (Lipinski definition) is 16. The number of carbonyl (C=O) groups excluding carboxylic acids is 4. The molecule has 4 aliphatic rings. The smallest absolute Gasteiger partial charge is 0.339 e. The first-order valence-electron chi connectivity index (χ1n) is 23.7. The number of rotatable bonds is 13. The molecule has 20 heteroatoms. The Bertz CT molecular complexity index is 3030. The summed E-state index contributed by atoms with van der Waals surface area (Å²) in [5, 5.41) is 0. The Hall–Kier alpha value is -8.10. The predicted molar refractivity (Wildman–Crippen MR) is 265 cm³/mol. The summed E-state index contributed by atoms with van der Waals surface area (Å²) in [5.74, 6) is -0.951. The summed E-state index contributed by atoms with van der Waals surface area (Å²) in [6.07, 6.45) is 4.24. The Kier molecular flexibility index (Phi) is 12.7. The van der Waals surface area contributed by atoms with Crippen LogP contribution in [0, 0.1) is 13.8 Å². The molecule has 20 nitrogen and oxygen atoms in total. The second kappa shape index (κ2) is 19.2. The summed E-state index contributed by atoms with van der Waals surface area (Å²) in [6, 6.07) is 23.6. The number of hydrogen-bond donors (Lipinski definition) is 0. The first kappa shape index (κ1) is 47.6. The molecule has 8 heterocycles. The van der Waals surface area contributed by atoms with Gasteiger partial charge in [-0.3, -0.25) is 29.4 Å². The van der Waals surface area contributed by atoms with Gasteiger partial charge in [0.1, 0.15) is 11.1 Å². The lowest BCUT2D eigenvalue weighted by Gasteiger charge is -2.41. The Balaban J connectivity index is 1.10. The standard InChI is InChI=1S/C52H54N12O8/c1-33-12-10-22-53-37(33)31-59-24-18-51(19-25-59)45(65)61(49(67)63(51)47-55-41(69-3)29-42(56-47)70-4)39-17-16-36(35-14-8-7-9-15-35)28-40(39)62-46(66)52(20-26-60(27-21-52)32-38-34(2)13-11-23-54-38)64(50(62)68)48-57-43(71-5)30-44(58-48)72-6/h7-17,22-23,28-30H,18-21,24-27,31-32H2,1-6H3. The van der Waals surface area contributed by atoms with Crippen molar-refractivity contribution in [3.05, 3.63) is 120 Å². The van der Waals surface area contributed by atoms with Gasteiger partial charge in [-0.25, -0.2) is 29.2 Å². The quantitative estimate of drug-likeness (QED) is 0.115. The highest BCUT2D eigenvalue weighted by Crippen LogP contribution is 2.49. The molecule has 0 aliphatic carbocycles. The van der Waals surface area contributed by atoms with Crippen LogP contribution in [0.1, 0.15) is 48.2 Å². The fourth-order valence-electron chi connectivity index (χ4n) is 10.3. The van der Waals surface area contributed by atoms with E-state index in [0.717, 1.165) is 37.9 Å². The van der Waals surface area contributed by atoms with Crippen molar-refractivity contribution >= 4 is 47.1 Å². The van der Waals surface area contributed by atoms with E-state index in [1.807, 2.05) is 68.4 Å². The second-order valence-electron chi connectivity index (χ2n) is 18.2. The molecule has 0 bridgehead atoms. The summed E-state index contributed by atoms with van der Waals surface area (Å²) < 4.78 is 22.2. The molecule has 0 atom stereocenters. The lowest BCUT2D eigenvalue weighted by Crippen LogP contribution is -2.57. The number of ether oxygens (including phenoxy) is 4. The third-order valence-electron chi connectivity index (χ3n) is 14.3. The number of aromatic nitrogens is 6. The number of anilines is 4. The highest BCUT2D eigenvalue weighted by Gasteiger charge is 2.64. The molecule has 370 valence electrons. The molecule has 6 aromatic rings. The van der Waals surface area contributed by atoms with Gasteiger partial charge in [0.25, 0.3) is 11.8 Å². The van der Waals surface area contributed by atoms with E-state index in [2.05, 4.69) is 39.7 Å². The van der Waals surface area contributed by atoms with Crippen molar-refractivity contribution in [3.63, 3.8) is 0 Å². The Morgan fingerprint density at radius 2 is 0.903 bits per heavy atom. The van der Waals surface area contributed by atoms with Gasteiger partial charge in [0.2, 0.25) is 35.4 Å². The van der Waals surface area contributed by atoms with Crippen molar-refractivity contribution < 1.29 is 38.1 Å². The summed E-state index contributed by atoms with van der Waals surface area (Å²) in [5.41, 5.74) is 2.22. The molecule has 4 aromatic heterocycles. The van der Waals surface area contributed by atoms with Crippen molar-refractivity contribution in [1.29, 1.82) is 0 Å². The number of nitrogens with zero attached hydrogens (tertiary/aromatic N) is 12. The first-order chi connectivity index (χ1) is 34.9. The zero-order valence-corrected chi connectivity index (χ0v) is 40.9. The van der Waals surface area contributed by atoms with Crippen LogP contribution >= 0.6 is 0 Å². The number of amides is 6. The Morgan fingerprint density at radius 1 is 0.486 bits per heavy atom. The van der Waals surface area contributed by atoms with Gasteiger partial charge in [0, 0.05) is 51.7 Å². The van der Waals surface area contributed by atoms with Crippen LogP contribution in [0.25, 0.3) is 11.1 Å².